The maximum Gasteiger partial charge on any atom is 0.287 e. The van der Waals surface area contributed by atoms with Crippen molar-refractivity contribution in [2.24, 2.45) is 13.0 Å². The third-order valence-corrected chi connectivity index (χ3v) is 3.81. The van der Waals surface area contributed by atoms with Crippen molar-refractivity contribution < 1.29 is 4.79 Å². The predicted octanol–water partition coefficient (Wildman–Crippen LogP) is 1.18. The van der Waals surface area contributed by atoms with Gasteiger partial charge in [0.05, 0.1) is 16.9 Å². The fraction of sp³-hybridized carbons (Fsp3) is 0.312. The SMILES string of the molecule is CC(C)C(NC(=O)c1nc2ccccc2c(=O)[nH]1)c1ncnn1C. The number of para-hydroxylation sites is 1. The Bertz CT molecular complexity index is 943. The highest BCUT2D eigenvalue weighted by molar-refractivity contribution is 5.92. The fourth-order valence-electron chi connectivity index (χ4n) is 2.52. The van der Waals surface area contributed by atoms with Crippen molar-refractivity contribution in [3.8, 4) is 0 Å². The van der Waals surface area contributed by atoms with E-state index in [0.29, 0.717) is 16.7 Å². The molecule has 1 unspecified atom stereocenters. The third-order valence-electron chi connectivity index (χ3n) is 3.81. The summed E-state index contributed by atoms with van der Waals surface area (Å²) >= 11 is 0. The van der Waals surface area contributed by atoms with E-state index in [1.54, 1.807) is 36.0 Å². The van der Waals surface area contributed by atoms with E-state index in [1.165, 1.54) is 6.33 Å². The first-order valence-electron chi connectivity index (χ1n) is 7.61. The topological polar surface area (TPSA) is 106 Å². The second kappa shape index (κ2) is 6.23. The molecule has 0 spiro atoms. The number of H-pyrrole nitrogens is 1. The Balaban J connectivity index is 1.94. The normalized spacial score (nSPS) is 12.5. The van der Waals surface area contributed by atoms with Crippen molar-refractivity contribution in [2.45, 2.75) is 19.9 Å². The van der Waals surface area contributed by atoms with Gasteiger partial charge in [0.1, 0.15) is 12.2 Å². The van der Waals surface area contributed by atoms with E-state index in [2.05, 4.69) is 25.4 Å². The van der Waals surface area contributed by atoms with Crippen molar-refractivity contribution in [2.75, 3.05) is 0 Å². The Labute approximate surface area is 137 Å². The lowest BCUT2D eigenvalue weighted by Crippen LogP contribution is -2.35. The number of carbonyl (C=O) groups excluding carboxylic acids is 1. The lowest BCUT2D eigenvalue weighted by molar-refractivity contribution is 0.0911. The molecule has 1 amide bonds. The summed E-state index contributed by atoms with van der Waals surface area (Å²) in [6, 6.07) is 6.54. The van der Waals surface area contributed by atoms with Gasteiger partial charge in [-0.15, -0.1) is 0 Å². The molecule has 3 aromatic rings. The molecule has 8 nitrogen and oxygen atoms in total. The van der Waals surface area contributed by atoms with Crippen LogP contribution in [-0.2, 0) is 7.05 Å². The van der Waals surface area contributed by atoms with E-state index in [4.69, 9.17) is 0 Å². The van der Waals surface area contributed by atoms with Crippen molar-refractivity contribution in [1.29, 1.82) is 0 Å². The average molecular weight is 326 g/mol. The zero-order chi connectivity index (χ0) is 17.3. The molecular weight excluding hydrogens is 308 g/mol. The first kappa shape index (κ1) is 15.9. The van der Waals surface area contributed by atoms with Gasteiger partial charge in [-0.05, 0) is 18.1 Å². The van der Waals surface area contributed by atoms with Gasteiger partial charge in [-0.25, -0.2) is 9.97 Å². The lowest BCUT2D eigenvalue weighted by atomic mass is 10.0. The molecule has 0 fully saturated rings. The molecule has 2 heterocycles. The Hall–Kier alpha value is -3.03. The van der Waals surface area contributed by atoms with Gasteiger partial charge in [0.2, 0.25) is 0 Å². The van der Waals surface area contributed by atoms with Gasteiger partial charge < -0.3 is 10.3 Å². The zero-order valence-corrected chi connectivity index (χ0v) is 13.6. The van der Waals surface area contributed by atoms with E-state index in [0.717, 1.165) is 0 Å². The molecule has 1 atom stereocenters. The minimum Gasteiger partial charge on any atom is -0.339 e. The average Bonchev–Trinajstić information content (AvgIpc) is 2.97. The van der Waals surface area contributed by atoms with Crippen LogP contribution < -0.4 is 10.9 Å². The van der Waals surface area contributed by atoms with E-state index >= 15 is 0 Å². The first-order valence-corrected chi connectivity index (χ1v) is 7.61. The summed E-state index contributed by atoms with van der Waals surface area (Å²) in [5.74, 6) is 0.247. The van der Waals surface area contributed by atoms with E-state index < -0.39 is 5.91 Å². The number of aromatic amines is 1. The van der Waals surface area contributed by atoms with Gasteiger partial charge in [-0.3, -0.25) is 14.3 Å². The van der Waals surface area contributed by atoms with Crippen molar-refractivity contribution >= 4 is 16.8 Å². The smallest absolute Gasteiger partial charge is 0.287 e. The van der Waals surface area contributed by atoms with Crippen LogP contribution in [0.15, 0.2) is 35.4 Å². The minimum absolute atomic E-state index is 0.0217. The van der Waals surface area contributed by atoms with Crippen molar-refractivity contribution in [3.05, 3.63) is 52.6 Å². The Morgan fingerprint density at radius 3 is 2.71 bits per heavy atom. The zero-order valence-electron chi connectivity index (χ0n) is 13.6. The second-order valence-corrected chi connectivity index (χ2v) is 5.87. The fourth-order valence-corrected chi connectivity index (χ4v) is 2.52. The third kappa shape index (κ3) is 2.90. The number of nitrogens with zero attached hydrogens (tertiary/aromatic N) is 4. The Morgan fingerprint density at radius 2 is 2.04 bits per heavy atom. The van der Waals surface area contributed by atoms with Gasteiger partial charge >= 0.3 is 0 Å². The minimum atomic E-state index is -0.459. The summed E-state index contributed by atoms with van der Waals surface area (Å²) in [7, 11) is 1.76. The van der Waals surface area contributed by atoms with Crippen LogP contribution in [0.2, 0.25) is 0 Å². The van der Waals surface area contributed by atoms with Crippen LogP contribution in [0.25, 0.3) is 10.9 Å². The highest BCUT2D eigenvalue weighted by Crippen LogP contribution is 2.19. The number of rotatable bonds is 4. The highest BCUT2D eigenvalue weighted by atomic mass is 16.2. The number of hydrogen-bond donors (Lipinski definition) is 2. The maximum absolute atomic E-state index is 12.6. The summed E-state index contributed by atoms with van der Waals surface area (Å²) in [6.45, 7) is 3.94. The molecule has 0 saturated carbocycles. The molecule has 0 aliphatic heterocycles. The van der Waals surface area contributed by atoms with E-state index in [1.807, 2.05) is 13.8 Å². The highest BCUT2D eigenvalue weighted by Gasteiger charge is 2.24. The van der Waals surface area contributed by atoms with Crippen LogP contribution >= 0.6 is 0 Å². The lowest BCUT2D eigenvalue weighted by Gasteiger charge is -2.21. The quantitative estimate of drug-likeness (QED) is 0.749. The number of nitrogens with one attached hydrogen (secondary N) is 2. The van der Waals surface area contributed by atoms with E-state index in [9.17, 15) is 9.59 Å². The van der Waals surface area contributed by atoms with E-state index in [-0.39, 0.29) is 23.3 Å². The largest absolute Gasteiger partial charge is 0.339 e. The van der Waals surface area contributed by atoms with Gasteiger partial charge in [-0.1, -0.05) is 26.0 Å². The van der Waals surface area contributed by atoms with Crippen LogP contribution in [-0.4, -0.2) is 30.6 Å². The maximum atomic E-state index is 12.6. The number of aryl methyl sites for hydroxylation is 1. The molecule has 1 aromatic carbocycles. The molecule has 8 heteroatoms. The number of hydrogen-bond acceptors (Lipinski definition) is 5. The molecule has 0 aliphatic rings. The summed E-state index contributed by atoms with van der Waals surface area (Å²) in [5, 5.41) is 7.36. The number of fused-ring (bicyclic) bond motifs is 1. The molecule has 0 aliphatic carbocycles. The molecule has 0 radical (unpaired) electrons. The first-order chi connectivity index (χ1) is 11.5. The summed E-state index contributed by atoms with van der Waals surface area (Å²) in [4.78, 5) is 35.6. The van der Waals surface area contributed by atoms with Crippen LogP contribution in [0, 0.1) is 5.92 Å². The van der Waals surface area contributed by atoms with Gasteiger partial charge in [-0.2, -0.15) is 5.10 Å². The number of carbonyl (C=O) groups is 1. The molecule has 0 saturated heterocycles. The van der Waals surface area contributed by atoms with Crippen LogP contribution in [0.4, 0.5) is 0 Å². The molecule has 2 aromatic heterocycles. The Kier molecular flexibility index (Phi) is 4.11. The van der Waals surface area contributed by atoms with Crippen molar-refractivity contribution in [3.63, 3.8) is 0 Å². The second-order valence-electron chi connectivity index (χ2n) is 5.87. The van der Waals surface area contributed by atoms with Gasteiger partial charge in [0.15, 0.2) is 5.82 Å². The molecule has 24 heavy (non-hydrogen) atoms. The van der Waals surface area contributed by atoms with Crippen LogP contribution in [0.1, 0.15) is 36.3 Å². The molecule has 0 bridgehead atoms. The van der Waals surface area contributed by atoms with Crippen molar-refractivity contribution in [1.82, 2.24) is 30.0 Å². The number of aromatic nitrogens is 5. The number of amides is 1. The van der Waals surface area contributed by atoms with Crippen LogP contribution in [0.3, 0.4) is 0 Å². The number of benzene rings is 1. The predicted molar refractivity (Wildman–Crippen MR) is 88.4 cm³/mol. The standard InChI is InChI=1S/C16H18N6O2/c1-9(2)12(14-17-8-18-22(14)3)20-16(24)13-19-11-7-5-4-6-10(11)15(23)21-13/h4-9,12H,1-3H3,(H,20,24)(H,19,21,23). The summed E-state index contributed by atoms with van der Waals surface area (Å²) in [6.07, 6.45) is 1.44. The molecule has 124 valence electrons. The van der Waals surface area contributed by atoms with Gasteiger partial charge in [0.25, 0.3) is 11.5 Å². The summed E-state index contributed by atoms with van der Waals surface area (Å²) < 4.78 is 1.61. The monoisotopic (exact) mass is 326 g/mol. The van der Waals surface area contributed by atoms with Crippen LogP contribution in [0.5, 0.6) is 0 Å². The van der Waals surface area contributed by atoms with Gasteiger partial charge in [0, 0.05) is 7.05 Å². The Morgan fingerprint density at radius 1 is 1.29 bits per heavy atom. The molecular formula is C16H18N6O2. The molecule has 2 N–H and O–H groups in total. The summed E-state index contributed by atoms with van der Waals surface area (Å²) in [5.41, 5.74) is 0.136. The molecule has 3 rings (SSSR count).